The van der Waals surface area contributed by atoms with Crippen LogP contribution in [0, 0.1) is 19.8 Å². The van der Waals surface area contributed by atoms with E-state index >= 15 is 0 Å². The van der Waals surface area contributed by atoms with Crippen LogP contribution >= 0.6 is 0 Å². The van der Waals surface area contributed by atoms with Crippen molar-refractivity contribution in [2.45, 2.75) is 112 Å². The molecule has 0 atom stereocenters. The first-order chi connectivity index (χ1) is 20.3. The Morgan fingerprint density at radius 3 is 2.48 bits per heavy atom. The van der Waals surface area contributed by atoms with Gasteiger partial charge < -0.3 is 9.64 Å². The Morgan fingerprint density at radius 2 is 1.74 bits per heavy atom. The van der Waals surface area contributed by atoms with Crippen LogP contribution in [0.5, 0.6) is 5.75 Å². The normalized spacial score (nSPS) is 16.6. The Labute approximate surface area is 253 Å². The van der Waals surface area contributed by atoms with E-state index in [9.17, 15) is 0 Å². The average Bonchev–Trinajstić information content (AvgIpc) is 3.34. The molecule has 224 valence electrons. The number of nitrogens with zero attached hydrogens (tertiary/aromatic N) is 4. The lowest BCUT2D eigenvalue weighted by Crippen LogP contribution is -2.29. The second-order valence-corrected chi connectivity index (χ2v) is 12.9. The Balaban J connectivity index is 1.46. The van der Waals surface area contributed by atoms with Crippen molar-refractivity contribution in [1.82, 2.24) is 9.97 Å². The fraction of sp³-hybridized carbons (Fsp3) is 0.541. The molecule has 42 heavy (non-hydrogen) atoms. The van der Waals surface area contributed by atoms with Crippen LogP contribution in [-0.2, 0) is 13.0 Å². The molecule has 2 aliphatic rings. The molecule has 0 unspecified atom stereocenters. The van der Waals surface area contributed by atoms with E-state index in [4.69, 9.17) is 19.7 Å². The molecule has 0 bridgehead atoms. The summed E-state index contributed by atoms with van der Waals surface area (Å²) >= 11 is 0. The number of aromatic nitrogens is 2. The number of fused-ring (bicyclic) bond motifs is 1. The highest BCUT2D eigenvalue weighted by Gasteiger charge is 2.25. The number of benzene rings is 2. The average molecular weight is 567 g/mol. The summed E-state index contributed by atoms with van der Waals surface area (Å²) in [5, 5.41) is 0. The Morgan fingerprint density at radius 1 is 1.00 bits per heavy atom. The standard InChI is InChI=1S/C37H50N4O/c1-7-12-27(5)38-33-23-31(16-15-26(33)4)30-17-18-34-32(22-30)24-41(19-20-42-34)37-36(25(2)3)28(6)39-35(40-37)21-29-13-10-8-9-11-14-29/h15-18,22-23,25,29H,7-14,19-21,24H2,1-6H3. The molecule has 0 amide bonds. The summed E-state index contributed by atoms with van der Waals surface area (Å²) in [6.45, 7) is 15.4. The summed E-state index contributed by atoms with van der Waals surface area (Å²) in [7, 11) is 0. The Hall–Kier alpha value is -3.21. The van der Waals surface area contributed by atoms with Gasteiger partial charge in [0.2, 0.25) is 0 Å². The third-order valence-electron chi connectivity index (χ3n) is 8.99. The first kappa shape index (κ1) is 30.3. The molecule has 1 aromatic heterocycles. The van der Waals surface area contributed by atoms with Crippen molar-refractivity contribution in [3.8, 4) is 16.9 Å². The van der Waals surface area contributed by atoms with E-state index in [1.165, 1.54) is 72.1 Å². The lowest BCUT2D eigenvalue weighted by molar-refractivity contribution is 0.331. The first-order valence-corrected chi connectivity index (χ1v) is 16.4. The summed E-state index contributed by atoms with van der Waals surface area (Å²) in [5.74, 6) is 4.14. The van der Waals surface area contributed by atoms with Gasteiger partial charge in [0, 0.05) is 35.5 Å². The van der Waals surface area contributed by atoms with Crippen molar-refractivity contribution < 1.29 is 4.74 Å². The van der Waals surface area contributed by atoms with Crippen LogP contribution in [0.15, 0.2) is 41.4 Å². The van der Waals surface area contributed by atoms with Gasteiger partial charge in [0.25, 0.3) is 0 Å². The van der Waals surface area contributed by atoms with Crippen molar-refractivity contribution in [2.24, 2.45) is 10.9 Å². The summed E-state index contributed by atoms with van der Waals surface area (Å²) in [6.07, 6.45) is 11.2. The topological polar surface area (TPSA) is 50.6 Å². The molecule has 2 heterocycles. The molecule has 0 spiro atoms. The molecule has 1 aliphatic carbocycles. The van der Waals surface area contributed by atoms with Gasteiger partial charge >= 0.3 is 0 Å². The van der Waals surface area contributed by atoms with Crippen LogP contribution in [0.2, 0.25) is 0 Å². The largest absolute Gasteiger partial charge is 0.491 e. The maximum atomic E-state index is 6.30. The molecule has 5 rings (SSSR count). The van der Waals surface area contributed by atoms with Gasteiger partial charge in [-0.2, -0.15) is 0 Å². The van der Waals surface area contributed by atoms with Crippen LogP contribution in [0.3, 0.4) is 0 Å². The molecule has 0 radical (unpaired) electrons. The highest BCUT2D eigenvalue weighted by molar-refractivity contribution is 5.85. The monoisotopic (exact) mass is 566 g/mol. The van der Waals surface area contributed by atoms with Crippen LogP contribution in [0.25, 0.3) is 11.1 Å². The number of hydrogen-bond acceptors (Lipinski definition) is 5. The quantitative estimate of drug-likeness (QED) is 0.201. The molecular weight excluding hydrogens is 516 g/mol. The van der Waals surface area contributed by atoms with Gasteiger partial charge in [-0.1, -0.05) is 83.9 Å². The van der Waals surface area contributed by atoms with Gasteiger partial charge in [0.05, 0.1) is 12.2 Å². The van der Waals surface area contributed by atoms with E-state index in [0.29, 0.717) is 18.4 Å². The fourth-order valence-electron chi connectivity index (χ4n) is 6.75. The SMILES string of the molecule is CCCC(C)=Nc1cc(-c2ccc3c(c2)CN(c2nc(CC4CCCCCC4)nc(C)c2C(C)C)CCO3)ccc1C. The lowest BCUT2D eigenvalue weighted by atomic mass is 9.95. The van der Waals surface area contributed by atoms with Crippen molar-refractivity contribution in [3.63, 3.8) is 0 Å². The molecule has 1 saturated carbocycles. The van der Waals surface area contributed by atoms with E-state index < -0.39 is 0 Å². The molecule has 5 heteroatoms. The van der Waals surface area contributed by atoms with E-state index in [0.717, 1.165) is 61.1 Å². The minimum atomic E-state index is 0.351. The van der Waals surface area contributed by atoms with Crippen molar-refractivity contribution in [2.75, 3.05) is 18.1 Å². The molecule has 0 saturated heterocycles. The predicted molar refractivity (Wildman–Crippen MR) is 177 cm³/mol. The molecule has 2 aromatic carbocycles. The number of aryl methyl sites for hydroxylation is 2. The minimum absolute atomic E-state index is 0.351. The smallest absolute Gasteiger partial charge is 0.136 e. The van der Waals surface area contributed by atoms with Gasteiger partial charge in [-0.05, 0) is 73.9 Å². The minimum Gasteiger partial charge on any atom is -0.491 e. The van der Waals surface area contributed by atoms with Crippen molar-refractivity contribution in [1.29, 1.82) is 0 Å². The first-order valence-electron chi connectivity index (χ1n) is 16.4. The number of ether oxygens (including phenoxy) is 1. The van der Waals surface area contributed by atoms with Crippen molar-refractivity contribution >= 4 is 17.2 Å². The molecule has 1 fully saturated rings. The van der Waals surface area contributed by atoms with Gasteiger partial charge in [0.1, 0.15) is 24.0 Å². The number of aliphatic imine (C=N–C) groups is 1. The van der Waals surface area contributed by atoms with Crippen molar-refractivity contribution in [3.05, 3.63) is 64.6 Å². The number of anilines is 1. The molecule has 5 nitrogen and oxygen atoms in total. The molecule has 3 aromatic rings. The van der Waals surface area contributed by atoms with Crippen LogP contribution in [0.1, 0.15) is 113 Å². The summed E-state index contributed by atoms with van der Waals surface area (Å²) in [5.41, 5.74) is 9.43. The molecule has 0 N–H and O–H groups in total. The zero-order valence-corrected chi connectivity index (χ0v) is 26.8. The summed E-state index contributed by atoms with van der Waals surface area (Å²) < 4.78 is 6.30. The zero-order chi connectivity index (χ0) is 29.6. The maximum absolute atomic E-state index is 6.30. The summed E-state index contributed by atoms with van der Waals surface area (Å²) in [4.78, 5) is 17.8. The van der Waals surface area contributed by atoms with Gasteiger partial charge in [0.15, 0.2) is 0 Å². The molecule has 1 aliphatic heterocycles. The van der Waals surface area contributed by atoms with Gasteiger partial charge in [-0.15, -0.1) is 0 Å². The molecular formula is C37H50N4O. The Bertz CT molecular complexity index is 1400. The van der Waals surface area contributed by atoms with Gasteiger partial charge in [-0.25, -0.2) is 9.97 Å². The second kappa shape index (κ2) is 13.8. The Kier molecular flexibility index (Phi) is 9.97. The maximum Gasteiger partial charge on any atom is 0.136 e. The van der Waals surface area contributed by atoms with Crippen LogP contribution in [0.4, 0.5) is 11.5 Å². The van der Waals surface area contributed by atoms with E-state index in [-0.39, 0.29) is 0 Å². The third-order valence-corrected chi connectivity index (χ3v) is 8.99. The van der Waals surface area contributed by atoms with E-state index in [1.807, 2.05) is 0 Å². The highest BCUT2D eigenvalue weighted by atomic mass is 16.5. The highest BCUT2D eigenvalue weighted by Crippen LogP contribution is 2.36. The van der Waals surface area contributed by atoms with Crippen LogP contribution < -0.4 is 9.64 Å². The van der Waals surface area contributed by atoms with Gasteiger partial charge in [-0.3, -0.25) is 4.99 Å². The van der Waals surface area contributed by atoms with E-state index in [1.54, 1.807) is 0 Å². The number of hydrogen-bond donors (Lipinski definition) is 0. The number of rotatable bonds is 8. The zero-order valence-electron chi connectivity index (χ0n) is 26.8. The second-order valence-electron chi connectivity index (χ2n) is 12.9. The summed E-state index contributed by atoms with van der Waals surface area (Å²) in [6, 6.07) is 13.3. The third kappa shape index (κ3) is 7.22. The van der Waals surface area contributed by atoms with E-state index in [2.05, 4.69) is 82.8 Å². The van der Waals surface area contributed by atoms with Crippen LogP contribution in [-0.4, -0.2) is 28.8 Å². The lowest BCUT2D eigenvalue weighted by Gasteiger charge is -2.27. The fourth-order valence-corrected chi connectivity index (χ4v) is 6.75. The predicted octanol–water partition coefficient (Wildman–Crippen LogP) is 9.69.